The van der Waals surface area contributed by atoms with Gasteiger partial charge in [0.2, 0.25) is 0 Å². The zero-order chi connectivity index (χ0) is 13.9. The van der Waals surface area contributed by atoms with E-state index < -0.39 is 0 Å². The van der Waals surface area contributed by atoms with Crippen molar-refractivity contribution in [2.45, 2.75) is 51.2 Å². The van der Waals surface area contributed by atoms with Gasteiger partial charge >= 0.3 is 0 Å². The van der Waals surface area contributed by atoms with E-state index in [9.17, 15) is 0 Å². The lowest BCUT2D eigenvalue weighted by Crippen LogP contribution is -2.20. The Hall–Kier alpha value is -1.55. The third-order valence-electron chi connectivity index (χ3n) is 4.15. The molecule has 1 aromatic rings. The molecule has 108 valence electrons. The van der Waals surface area contributed by atoms with Gasteiger partial charge in [-0.1, -0.05) is 17.3 Å². The van der Waals surface area contributed by atoms with E-state index in [0.717, 1.165) is 54.7 Å². The van der Waals surface area contributed by atoms with Crippen LogP contribution in [0, 0.1) is 0 Å². The molecule has 2 atom stereocenters. The predicted octanol–water partition coefficient (Wildman–Crippen LogP) is 3.15. The summed E-state index contributed by atoms with van der Waals surface area (Å²) in [5.74, 6) is 0.909. The molecule has 0 aromatic heterocycles. The van der Waals surface area contributed by atoms with Gasteiger partial charge in [-0.2, -0.15) is 0 Å². The van der Waals surface area contributed by atoms with Gasteiger partial charge in [-0.15, -0.1) is 0 Å². The summed E-state index contributed by atoms with van der Waals surface area (Å²) in [6, 6.07) is 5.96. The average Bonchev–Trinajstić information content (AvgIpc) is 2.90. The fraction of sp³-hybridized carbons (Fsp3) is 0.562. The Morgan fingerprint density at radius 1 is 1.35 bits per heavy atom. The molecule has 4 heteroatoms. The van der Waals surface area contributed by atoms with Crippen molar-refractivity contribution < 1.29 is 14.7 Å². The number of hydrogen-bond acceptors (Lipinski definition) is 4. The van der Waals surface area contributed by atoms with Crippen LogP contribution in [0.25, 0.3) is 0 Å². The quantitative estimate of drug-likeness (QED) is 0.681. The fourth-order valence-electron chi connectivity index (χ4n) is 3.09. The molecule has 1 saturated heterocycles. The molecule has 0 radical (unpaired) electrons. The molecule has 1 N–H and O–H groups in total. The van der Waals surface area contributed by atoms with Crippen LogP contribution in [-0.4, -0.2) is 29.7 Å². The van der Waals surface area contributed by atoms with Crippen LogP contribution < -0.4 is 4.74 Å². The van der Waals surface area contributed by atoms with E-state index in [-0.39, 0.29) is 6.10 Å². The molecule has 0 spiro atoms. The van der Waals surface area contributed by atoms with Crippen LogP contribution in [0.15, 0.2) is 23.4 Å². The maximum Gasteiger partial charge on any atom is 0.123 e. The van der Waals surface area contributed by atoms with Crippen LogP contribution in [0.3, 0.4) is 0 Å². The number of oxime groups is 1. The molecule has 1 heterocycles. The highest BCUT2D eigenvalue weighted by Crippen LogP contribution is 2.30. The summed E-state index contributed by atoms with van der Waals surface area (Å²) in [6.45, 7) is 2.71. The van der Waals surface area contributed by atoms with Gasteiger partial charge in [0.25, 0.3) is 0 Å². The Morgan fingerprint density at radius 2 is 2.25 bits per heavy atom. The lowest BCUT2D eigenvalue weighted by atomic mass is 9.89. The summed E-state index contributed by atoms with van der Waals surface area (Å²) < 4.78 is 11.7. The van der Waals surface area contributed by atoms with Crippen molar-refractivity contribution in [2.75, 3.05) is 6.61 Å². The van der Waals surface area contributed by atoms with Crippen molar-refractivity contribution in [3.8, 4) is 5.75 Å². The molecular formula is C16H21NO3. The van der Waals surface area contributed by atoms with E-state index in [2.05, 4.69) is 12.1 Å². The van der Waals surface area contributed by atoms with Crippen molar-refractivity contribution in [3.63, 3.8) is 0 Å². The number of rotatable bonds is 3. The van der Waals surface area contributed by atoms with Crippen molar-refractivity contribution in [3.05, 3.63) is 29.3 Å². The smallest absolute Gasteiger partial charge is 0.123 e. The van der Waals surface area contributed by atoms with Crippen LogP contribution in [0.1, 0.15) is 43.7 Å². The lowest BCUT2D eigenvalue weighted by molar-refractivity contribution is 0.0262. The second kappa shape index (κ2) is 5.83. The van der Waals surface area contributed by atoms with E-state index in [0.29, 0.717) is 12.7 Å². The highest BCUT2D eigenvalue weighted by Gasteiger charge is 2.24. The van der Waals surface area contributed by atoms with Crippen molar-refractivity contribution in [2.24, 2.45) is 5.16 Å². The number of hydrogen-bond donors (Lipinski definition) is 1. The van der Waals surface area contributed by atoms with Gasteiger partial charge in [-0.05, 0) is 45.1 Å². The maximum absolute atomic E-state index is 9.09. The Morgan fingerprint density at radius 3 is 3.00 bits per heavy atom. The normalized spacial score (nSPS) is 27.6. The third kappa shape index (κ3) is 2.66. The lowest BCUT2D eigenvalue weighted by Gasteiger charge is -2.21. The molecule has 0 saturated carbocycles. The summed E-state index contributed by atoms with van der Waals surface area (Å²) in [4.78, 5) is 0. The van der Waals surface area contributed by atoms with Gasteiger partial charge in [0.05, 0.1) is 17.9 Å². The summed E-state index contributed by atoms with van der Waals surface area (Å²) in [6.07, 6.45) is 5.55. The van der Waals surface area contributed by atoms with E-state index in [1.165, 1.54) is 0 Å². The minimum Gasteiger partial charge on any atom is -0.491 e. The van der Waals surface area contributed by atoms with E-state index >= 15 is 0 Å². The monoisotopic (exact) mass is 275 g/mol. The van der Waals surface area contributed by atoms with E-state index in [1.54, 1.807) is 0 Å². The Bertz CT molecular complexity index is 512. The molecule has 2 aliphatic rings. The zero-order valence-electron chi connectivity index (χ0n) is 11.8. The van der Waals surface area contributed by atoms with Gasteiger partial charge in [0.15, 0.2) is 0 Å². The van der Waals surface area contributed by atoms with E-state index in [4.69, 9.17) is 14.7 Å². The van der Waals surface area contributed by atoms with Gasteiger partial charge < -0.3 is 14.7 Å². The minimum absolute atomic E-state index is 0.204. The maximum atomic E-state index is 9.09. The van der Waals surface area contributed by atoms with Crippen molar-refractivity contribution in [1.29, 1.82) is 0 Å². The van der Waals surface area contributed by atoms with Gasteiger partial charge in [0, 0.05) is 11.1 Å². The first-order chi connectivity index (χ1) is 9.78. The summed E-state index contributed by atoms with van der Waals surface area (Å²) in [7, 11) is 0. The highest BCUT2D eigenvalue weighted by atomic mass is 16.5. The first kappa shape index (κ1) is 13.4. The molecule has 1 fully saturated rings. The van der Waals surface area contributed by atoms with Gasteiger partial charge in [-0.25, -0.2) is 0 Å². The second-order valence-electron chi connectivity index (χ2n) is 5.64. The first-order valence-electron chi connectivity index (χ1n) is 7.39. The Labute approximate surface area is 119 Å². The van der Waals surface area contributed by atoms with Crippen molar-refractivity contribution >= 4 is 5.71 Å². The number of ether oxygens (including phenoxy) is 2. The third-order valence-corrected chi connectivity index (χ3v) is 4.15. The molecule has 1 aliphatic heterocycles. The molecule has 1 aromatic carbocycles. The minimum atomic E-state index is 0.204. The molecule has 0 bridgehead atoms. The fourth-order valence-corrected chi connectivity index (χ4v) is 3.09. The predicted molar refractivity (Wildman–Crippen MR) is 76.8 cm³/mol. The van der Waals surface area contributed by atoms with E-state index in [1.807, 2.05) is 18.2 Å². The molecule has 0 amide bonds. The van der Waals surface area contributed by atoms with Gasteiger partial charge in [0.1, 0.15) is 12.4 Å². The van der Waals surface area contributed by atoms with Gasteiger partial charge in [-0.3, -0.25) is 0 Å². The molecule has 4 nitrogen and oxygen atoms in total. The molecule has 20 heavy (non-hydrogen) atoms. The first-order valence-corrected chi connectivity index (χ1v) is 7.39. The summed E-state index contributed by atoms with van der Waals surface area (Å²) in [5, 5.41) is 12.5. The zero-order valence-corrected chi connectivity index (χ0v) is 11.8. The Balaban J connectivity index is 1.74. The number of fused-ring (bicyclic) bond motifs is 1. The number of benzene rings is 1. The highest BCUT2D eigenvalue weighted by molar-refractivity contribution is 6.02. The molecule has 2 unspecified atom stereocenters. The Kier molecular flexibility index (Phi) is 3.92. The van der Waals surface area contributed by atoms with Crippen LogP contribution in [0.5, 0.6) is 5.75 Å². The topological polar surface area (TPSA) is 51.0 Å². The average molecular weight is 275 g/mol. The molecule has 3 rings (SSSR count). The molecule has 1 aliphatic carbocycles. The van der Waals surface area contributed by atoms with Crippen LogP contribution in [-0.2, 0) is 11.2 Å². The van der Waals surface area contributed by atoms with Crippen LogP contribution >= 0.6 is 0 Å². The van der Waals surface area contributed by atoms with Crippen LogP contribution in [0.2, 0.25) is 0 Å². The summed E-state index contributed by atoms with van der Waals surface area (Å²) in [5.41, 5.74) is 2.96. The van der Waals surface area contributed by atoms with Crippen LogP contribution in [0.4, 0.5) is 0 Å². The number of nitrogens with zero attached hydrogens (tertiary/aromatic N) is 1. The largest absolute Gasteiger partial charge is 0.491 e. The summed E-state index contributed by atoms with van der Waals surface area (Å²) >= 11 is 0. The van der Waals surface area contributed by atoms with Crippen molar-refractivity contribution in [1.82, 2.24) is 0 Å². The standard InChI is InChI=1S/C16H21NO3/c1-11-8-9-12(20-11)10-19-16-7-3-4-13-14(16)5-2-6-15(13)17-18/h3-4,7,11-12,18H,2,5-6,8-10H2,1H3/b17-15+. The second-order valence-corrected chi connectivity index (χ2v) is 5.64. The molecular weight excluding hydrogens is 254 g/mol. The SMILES string of the molecule is CC1CCC(COc2cccc3c2CCC/C3=N\O)O1.